The summed E-state index contributed by atoms with van der Waals surface area (Å²) in [6.07, 6.45) is 8.71. The van der Waals surface area contributed by atoms with Crippen LogP contribution in [0.4, 0.5) is 10.6 Å². The summed E-state index contributed by atoms with van der Waals surface area (Å²) in [7, 11) is 0. The van der Waals surface area contributed by atoms with Gasteiger partial charge < -0.3 is 21.3 Å². The molecule has 216 valence electrons. The molecular weight excluding hydrogens is 508 g/mol. The molecule has 1 aromatic carbocycles. The van der Waals surface area contributed by atoms with Gasteiger partial charge in [-0.15, -0.1) is 0 Å². The second-order valence-electron chi connectivity index (χ2n) is 12.0. The molecule has 2 heterocycles. The second-order valence-corrected chi connectivity index (χ2v) is 12.0. The van der Waals surface area contributed by atoms with Crippen LogP contribution in [0.25, 0.3) is 5.69 Å². The third kappa shape index (κ3) is 6.71. The number of piperazine rings is 1. The Morgan fingerprint density at radius 3 is 2.08 bits per heavy atom. The Kier molecular flexibility index (Phi) is 8.25. The minimum absolute atomic E-state index is 0.138. The van der Waals surface area contributed by atoms with E-state index in [0.717, 1.165) is 25.1 Å². The molecule has 2 aromatic rings. The molecule has 0 atom stereocenters. The zero-order chi connectivity index (χ0) is 28.4. The molecule has 3 amide bonds. The number of carbonyl (C=O) groups is 2. The SMILES string of the molecule is CC(C)(N)C(=O)N1CCN(C(=O)Nc2ccn(-c3ccc(CN(C4CCC(N)CC4)C4CC4)cc3)c(=O)n2)CC1. The molecule has 3 aliphatic rings. The number of urea groups is 1. The molecule has 1 saturated heterocycles. The van der Waals surface area contributed by atoms with E-state index in [-0.39, 0.29) is 17.8 Å². The second kappa shape index (κ2) is 11.7. The Balaban J connectivity index is 1.17. The molecule has 0 radical (unpaired) electrons. The molecule has 3 fully saturated rings. The fourth-order valence-corrected chi connectivity index (χ4v) is 5.75. The highest BCUT2D eigenvalue weighted by Crippen LogP contribution is 2.34. The molecule has 1 aromatic heterocycles. The molecule has 5 N–H and O–H groups in total. The number of hydrogen-bond acceptors (Lipinski definition) is 7. The van der Waals surface area contributed by atoms with Crippen LogP contribution in [-0.2, 0) is 11.3 Å². The summed E-state index contributed by atoms with van der Waals surface area (Å²) in [5, 5.41) is 2.71. The van der Waals surface area contributed by atoms with Gasteiger partial charge in [0.25, 0.3) is 0 Å². The summed E-state index contributed by atoms with van der Waals surface area (Å²) in [5.74, 6) is 0.0530. The molecule has 2 saturated carbocycles. The van der Waals surface area contributed by atoms with Gasteiger partial charge >= 0.3 is 11.7 Å². The first-order valence-corrected chi connectivity index (χ1v) is 14.4. The maximum atomic E-state index is 12.8. The minimum atomic E-state index is -0.945. The molecule has 40 heavy (non-hydrogen) atoms. The molecule has 11 nitrogen and oxygen atoms in total. The van der Waals surface area contributed by atoms with E-state index < -0.39 is 11.2 Å². The summed E-state index contributed by atoms with van der Waals surface area (Å²) < 4.78 is 1.47. The van der Waals surface area contributed by atoms with E-state index in [2.05, 4.69) is 27.3 Å². The van der Waals surface area contributed by atoms with Gasteiger partial charge in [0.05, 0.1) is 11.2 Å². The Labute approximate surface area is 235 Å². The van der Waals surface area contributed by atoms with Gasteiger partial charge in [0.15, 0.2) is 0 Å². The van der Waals surface area contributed by atoms with Crippen LogP contribution >= 0.6 is 0 Å². The molecule has 1 aliphatic heterocycles. The molecule has 5 rings (SSSR count). The Bertz CT molecular complexity index is 1250. The van der Waals surface area contributed by atoms with Crippen molar-refractivity contribution in [2.75, 3.05) is 31.5 Å². The maximum absolute atomic E-state index is 12.8. The van der Waals surface area contributed by atoms with Gasteiger partial charge in [-0.3, -0.25) is 19.6 Å². The van der Waals surface area contributed by atoms with Crippen molar-refractivity contribution >= 4 is 17.8 Å². The largest absolute Gasteiger partial charge is 0.354 e. The van der Waals surface area contributed by atoms with E-state index in [4.69, 9.17) is 11.5 Å². The summed E-state index contributed by atoms with van der Waals surface area (Å²) in [6, 6.07) is 10.9. The van der Waals surface area contributed by atoms with Gasteiger partial charge in [-0.05, 0) is 76.1 Å². The summed E-state index contributed by atoms with van der Waals surface area (Å²) in [4.78, 5) is 47.9. The van der Waals surface area contributed by atoms with E-state index in [9.17, 15) is 14.4 Å². The third-order valence-electron chi connectivity index (χ3n) is 8.25. The normalized spacial score (nSPS) is 21.9. The van der Waals surface area contributed by atoms with Crippen molar-refractivity contribution in [1.82, 2.24) is 24.3 Å². The predicted molar refractivity (Wildman–Crippen MR) is 154 cm³/mol. The van der Waals surface area contributed by atoms with Gasteiger partial charge in [0, 0.05) is 57.0 Å². The number of rotatable bonds is 7. The first kappa shape index (κ1) is 28.3. The van der Waals surface area contributed by atoms with Crippen LogP contribution in [0.2, 0.25) is 0 Å². The van der Waals surface area contributed by atoms with E-state index in [1.54, 1.807) is 35.9 Å². The highest BCUT2D eigenvalue weighted by molar-refractivity contribution is 5.89. The zero-order valence-electron chi connectivity index (χ0n) is 23.6. The smallest absolute Gasteiger partial charge is 0.338 e. The van der Waals surface area contributed by atoms with Gasteiger partial charge in [-0.25, -0.2) is 9.59 Å². The van der Waals surface area contributed by atoms with Crippen molar-refractivity contribution in [3.63, 3.8) is 0 Å². The number of aromatic nitrogens is 2. The lowest BCUT2D eigenvalue weighted by molar-refractivity contribution is -0.137. The monoisotopic (exact) mass is 550 g/mol. The Morgan fingerprint density at radius 2 is 1.52 bits per heavy atom. The first-order valence-electron chi connectivity index (χ1n) is 14.4. The third-order valence-corrected chi connectivity index (χ3v) is 8.25. The lowest BCUT2D eigenvalue weighted by Gasteiger charge is -2.37. The average molecular weight is 551 g/mol. The highest BCUT2D eigenvalue weighted by atomic mass is 16.2. The van der Waals surface area contributed by atoms with Crippen molar-refractivity contribution in [1.29, 1.82) is 0 Å². The van der Waals surface area contributed by atoms with E-state index >= 15 is 0 Å². The van der Waals surface area contributed by atoms with Crippen LogP contribution in [0, 0.1) is 0 Å². The number of amides is 3. The van der Waals surface area contributed by atoms with Gasteiger partial charge in [0.2, 0.25) is 5.91 Å². The molecule has 11 heteroatoms. The van der Waals surface area contributed by atoms with Crippen molar-refractivity contribution < 1.29 is 9.59 Å². The van der Waals surface area contributed by atoms with Crippen LogP contribution in [0.1, 0.15) is 57.9 Å². The zero-order valence-corrected chi connectivity index (χ0v) is 23.6. The minimum Gasteiger partial charge on any atom is -0.338 e. The van der Waals surface area contributed by atoms with Gasteiger partial charge in [-0.2, -0.15) is 4.98 Å². The lowest BCUT2D eigenvalue weighted by Crippen LogP contribution is -2.58. The maximum Gasteiger partial charge on any atom is 0.354 e. The lowest BCUT2D eigenvalue weighted by atomic mass is 9.90. The molecular formula is C29H42N8O3. The number of nitrogens with one attached hydrogen (secondary N) is 1. The van der Waals surface area contributed by atoms with Crippen LogP contribution in [0.15, 0.2) is 41.3 Å². The van der Waals surface area contributed by atoms with E-state index in [1.807, 2.05) is 12.1 Å². The molecule has 2 aliphatic carbocycles. The highest BCUT2D eigenvalue weighted by Gasteiger charge is 2.35. The number of benzene rings is 1. The molecule has 0 unspecified atom stereocenters. The number of nitrogens with zero attached hydrogens (tertiary/aromatic N) is 5. The van der Waals surface area contributed by atoms with E-state index in [1.165, 1.54) is 35.8 Å². The fourth-order valence-electron chi connectivity index (χ4n) is 5.75. The van der Waals surface area contributed by atoms with Crippen molar-refractivity contribution in [2.24, 2.45) is 11.5 Å². The van der Waals surface area contributed by atoms with Crippen molar-refractivity contribution in [3.8, 4) is 5.69 Å². The van der Waals surface area contributed by atoms with Crippen LogP contribution in [0.5, 0.6) is 0 Å². The summed E-state index contributed by atoms with van der Waals surface area (Å²) >= 11 is 0. The summed E-state index contributed by atoms with van der Waals surface area (Å²) in [5.41, 5.74) is 12.6. The number of nitrogens with two attached hydrogens (primary N) is 2. The Morgan fingerprint density at radius 1 is 0.950 bits per heavy atom. The fraction of sp³-hybridized carbons (Fsp3) is 0.586. The number of carbonyl (C=O) groups excluding carboxylic acids is 2. The summed E-state index contributed by atoms with van der Waals surface area (Å²) in [6.45, 7) is 5.83. The van der Waals surface area contributed by atoms with Crippen molar-refractivity contribution in [2.45, 2.75) is 82.6 Å². The standard InChI is InChI=1S/C29H42N8O3/c1-29(2,31)26(38)34-15-17-35(18-16-34)27(39)32-25-13-14-36(28(40)33-25)22-7-3-20(4-8-22)19-37(24-11-12-24)23-9-5-21(30)6-10-23/h3-4,7-8,13-14,21,23-24H,5-6,9-12,15-19,30-31H2,1-2H3,(H,32,33,39,40). The number of anilines is 1. The predicted octanol–water partition coefficient (Wildman–Crippen LogP) is 1.88. The van der Waals surface area contributed by atoms with Gasteiger partial charge in [0.1, 0.15) is 5.82 Å². The average Bonchev–Trinajstić information content (AvgIpc) is 3.78. The first-order chi connectivity index (χ1) is 19.1. The molecule has 0 bridgehead atoms. The Hall–Kier alpha value is -3.28. The number of hydrogen-bond donors (Lipinski definition) is 3. The van der Waals surface area contributed by atoms with Crippen molar-refractivity contribution in [3.05, 3.63) is 52.6 Å². The van der Waals surface area contributed by atoms with Crippen LogP contribution in [0.3, 0.4) is 0 Å². The topological polar surface area (TPSA) is 143 Å². The van der Waals surface area contributed by atoms with Gasteiger partial charge in [-0.1, -0.05) is 12.1 Å². The van der Waals surface area contributed by atoms with Crippen LogP contribution < -0.4 is 22.5 Å². The molecule has 0 spiro atoms. The van der Waals surface area contributed by atoms with E-state index in [0.29, 0.717) is 44.3 Å². The quantitative estimate of drug-likeness (QED) is 0.478. The van der Waals surface area contributed by atoms with Crippen LogP contribution in [-0.4, -0.2) is 86.0 Å².